The number of amides is 1. The summed E-state index contributed by atoms with van der Waals surface area (Å²) in [6.45, 7) is 0. The van der Waals surface area contributed by atoms with E-state index in [0.717, 1.165) is 0 Å². The summed E-state index contributed by atoms with van der Waals surface area (Å²) in [4.78, 5) is 46.8. The lowest BCUT2D eigenvalue weighted by Gasteiger charge is -2.20. The topological polar surface area (TPSA) is 144 Å². The minimum absolute atomic E-state index is 0.239. The van der Waals surface area contributed by atoms with Gasteiger partial charge in [-0.05, 0) is 5.56 Å². The Morgan fingerprint density at radius 3 is 1.95 bits per heavy atom. The van der Waals surface area contributed by atoms with E-state index in [1.807, 2.05) is 0 Å². The lowest BCUT2D eigenvalue weighted by Crippen LogP contribution is -2.35. The first kappa shape index (κ1) is 16.0. The van der Waals surface area contributed by atoms with Crippen LogP contribution in [0.4, 0.5) is 0 Å². The van der Waals surface area contributed by atoms with Crippen LogP contribution in [0, 0.1) is 0 Å². The van der Waals surface area contributed by atoms with Crippen molar-refractivity contribution in [3.8, 4) is 0 Å². The molecule has 0 aromatic heterocycles. The molecule has 8 nitrogen and oxygen atoms in total. The van der Waals surface area contributed by atoms with Crippen molar-refractivity contribution in [1.29, 1.82) is 0 Å². The molecule has 0 atom stereocenters. The second kappa shape index (κ2) is 5.96. The number of benzene rings is 1. The van der Waals surface area contributed by atoms with E-state index in [2.05, 4.69) is 0 Å². The van der Waals surface area contributed by atoms with Crippen molar-refractivity contribution in [3.63, 3.8) is 0 Å². The van der Waals surface area contributed by atoms with Gasteiger partial charge in [0, 0.05) is 0 Å². The maximum atomic E-state index is 11.5. The van der Waals surface area contributed by atoms with E-state index >= 15 is 0 Å². The van der Waals surface area contributed by atoms with Crippen molar-refractivity contribution in [2.24, 2.45) is 0 Å². The van der Waals surface area contributed by atoms with Crippen LogP contribution in [-0.4, -0.2) is 31.0 Å². The van der Waals surface area contributed by atoms with E-state index in [9.17, 15) is 13.9 Å². The summed E-state index contributed by atoms with van der Waals surface area (Å²) in [5, 5.41) is 1.68. The molecule has 0 bridgehead atoms. The molecular weight excluding hydrogens is 296 g/mol. The molecule has 0 saturated carbocycles. The molecular formula is C9H13NO7P2. The zero-order chi connectivity index (χ0) is 14.7. The summed E-state index contributed by atoms with van der Waals surface area (Å²) in [6.07, 6.45) is -0.239. The Bertz CT molecular complexity index is 513. The van der Waals surface area contributed by atoms with Gasteiger partial charge in [0.1, 0.15) is 0 Å². The third kappa shape index (κ3) is 5.24. The first-order chi connectivity index (χ1) is 8.60. The van der Waals surface area contributed by atoms with Crippen LogP contribution in [-0.2, 0) is 20.3 Å². The lowest BCUT2D eigenvalue weighted by atomic mass is 10.1. The number of hydrogen-bond acceptors (Lipinski definition) is 3. The average molecular weight is 309 g/mol. The van der Waals surface area contributed by atoms with Gasteiger partial charge >= 0.3 is 15.2 Å². The molecule has 0 spiro atoms. The number of carbonyl (C=O) groups excluding carboxylic acids is 1. The highest BCUT2D eigenvalue weighted by atomic mass is 31.2. The van der Waals surface area contributed by atoms with Gasteiger partial charge < -0.3 is 24.9 Å². The zero-order valence-electron chi connectivity index (χ0n) is 9.58. The number of hydrogen-bond donors (Lipinski definition) is 5. The second-order valence-corrected chi connectivity index (χ2v) is 7.58. The van der Waals surface area contributed by atoms with Gasteiger partial charge in [-0.2, -0.15) is 0 Å². The average Bonchev–Trinajstić information content (AvgIpc) is 2.24. The molecule has 1 aromatic carbocycles. The molecule has 0 unspecified atom stereocenters. The molecule has 1 rings (SSSR count). The van der Waals surface area contributed by atoms with E-state index in [4.69, 9.17) is 19.6 Å². The van der Waals surface area contributed by atoms with E-state index < -0.39 is 26.6 Å². The molecule has 1 amide bonds. The van der Waals surface area contributed by atoms with Crippen molar-refractivity contribution in [2.45, 2.75) is 11.9 Å². The fourth-order valence-electron chi connectivity index (χ4n) is 1.34. The van der Waals surface area contributed by atoms with Gasteiger partial charge in [-0.25, -0.2) is 0 Å². The van der Waals surface area contributed by atoms with Crippen LogP contribution in [0.3, 0.4) is 0 Å². The van der Waals surface area contributed by atoms with Gasteiger partial charge in [0.15, 0.2) is 0 Å². The summed E-state index contributed by atoms with van der Waals surface area (Å²) in [7, 11) is -10.3. The first-order valence-corrected chi connectivity index (χ1v) is 8.41. The monoisotopic (exact) mass is 309 g/mol. The van der Waals surface area contributed by atoms with Gasteiger partial charge in [-0.3, -0.25) is 13.9 Å². The van der Waals surface area contributed by atoms with Crippen LogP contribution in [0.5, 0.6) is 0 Å². The molecule has 0 heterocycles. The molecule has 19 heavy (non-hydrogen) atoms. The molecule has 106 valence electrons. The van der Waals surface area contributed by atoms with Gasteiger partial charge in [0.25, 0.3) is 0 Å². The quantitative estimate of drug-likeness (QED) is 0.481. The third-order valence-corrected chi connectivity index (χ3v) is 5.47. The smallest absolute Gasteiger partial charge is 0.332 e. The van der Waals surface area contributed by atoms with Crippen LogP contribution >= 0.6 is 15.2 Å². The van der Waals surface area contributed by atoms with Crippen LogP contribution in [0.1, 0.15) is 5.56 Å². The molecule has 0 aliphatic heterocycles. The maximum Gasteiger partial charge on any atom is 0.360 e. The molecule has 10 heteroatoms. The van der Waals surface area contributed by atoms with Gasteiger partial charge in [-0.15, -0.1) is 0 Å². The fourth-order valence-corrected chi connectivity index (χ4v) is 3.53. The van der Waals surface area contributed by atoms with Crippen molar-refractivity contribution in [2.75, 3.05) is 0 Å². The third-order valence-electron chi connectivity index (χ3n) is 2.13. The fraction of sp³-hybridized carbons (Fsp3) is 0.222. The highest BCUT2D eigenvalue weighted by Gasteiger charge is 2.44. The Labute approximate surface area is 108 Å². The minimum atomic E-state index is -5.15. The van der Waals surface area contributed by atoms with Gasteiger partial charge in [-0.1, -0.05) is 30.3 Å². The standard InChI is InChI=1S/C9H13NO7P2/c11-8(6-7-4-2-1-3-5-7)10-9(18(12,13)14)19(15,16)17/h1-5,9H,6H2,(H,10,11)(H2,12,13,14)(H2,15,16,17). The Kier molecular flexibility index (Phi) is 5.04. The minimum Gasteiger partial charge on any atom is -0.332 e. The molecule has 0 aliphatic carbocycles. The number of nitrogens with one attached hydrogen (secondary N) is 1. The summed E-state index contributed by atoms with van der Waals surface area (Å²) >= 11 is 0. The second-order valence-electron chi connectivity index (χ2n) is 3.78. The molecule has 0 radical (unpaired) electrons. The summed E-state index contributed by atoms with van der Waals surface area (Å²) in [6, 6.07) is 8.24. The van der Waals surface area contributed by atoms with Crippen LogP contribution in [0.2, 0.25) is 0 Å². The van der Waals surface area contributed by atoms with Crippen molar-refractivity contribution >= 4 is 21.1 Å². The predicted octanol–water partition coefficient (Wildman–Crippen LogP) is -0.0157. The van der Waals surface area contributed by atoms with E-state index in [1.165, 1.54) is 0 Å². The Morgan fingerprint density at radius 2 is 1.53 bits per heavy atom. The highest BCUT2D eigenvalue weighted by Crippen LogP contribution is 2.58. The molecule has 1 aromatic rings. The van der Waals surface area contributed by atoms with Crippen LogP contribution in [0.25, 0.3) is 0 Å². The highest BCUT2D eigenvalue weighted by molar-refractivity contribution is 7.70. The van der Waals surface area contributed by atoms with Crippen LogP contribution < -0.4 is 5.32 Å². The summed E-state index contributed by atoms with van der Waals surface area (Å²) < 4.78 is 21.9. The van der Waals surface area contributed by atoms with Crippen molar-refractivity contribution in [3.05, 3.63) is 35.9 Å². The van der Waals surface area contributed by atoms with E-state index in [1.54, 1.807) is 35.6 Å². The summed E-state index contributed by atoms with van der Waals surface area (Å²) in [5.74, 6) is -0.886. The molecule has 5 N–H and O–H groups in total. The van der Waals surface area contributed by atoms with E-state index in [0.29, 0.717) is 5.56 Å². The molecule has 0 saturated heterocycles. The Morgan fingerprint density at radius 1 is 1.05 bits per heavy atom. The Balaban J connectivity index is 2.79. The normalized spacial score (nSPS) is 12.5. The SMILES string of the molecule is O=C(Cc1ccccc1)NC(P(=O)(O)O)P(=O)(O)O. The van der Waals surface area contributed by atoms with Crippen LogP contribution in [0.15, 0.2) is 30.3 Å². The molecule has 0 aliphatic rings. The largest absolute Gasteiger partial charge is 0.360 e. The number of rotatable bonds is 5. The summed E-state index contributed by atoms with van der Waals surface area (Å²) in [5.41, 5.74) is -1.97. The van der Waals surface area contributed by atoms with Crippen molar-refractivity contribution in [1.82, 2.24) is 5.32 Å². The zero-order valence-corrected chi connectivity index (χ0v) is 11.4. The number of carbonyl (C=O) groups is 1. The maximum absolute atomic E-state index is 11.5. The Hall–Kier alpha value is -1.01. The lowest BCUT2D eigenvalue weighted by molar-refractivity contribution is -0.120. The van der Waals surface area contributed by atoms with Gasteiger partial charge in [0.05, 0.1) is 6.42 Å². The van der Waals surface area contributed by atoms with E-state index in [-0.39, 0.29) is 6.42 Å². The molecule has 0 fully saturated rings. The predicted molar refractivity (Wildman–Crippen MR) is 66.2 cm³/mol. The first-order valence-electron chi connectivity index (χ1n) is 5.04. The van der Waals surface area contributed by atoms with Crippen molar-refractivity contribution < 1.29 is 33.5 Å². The van der Waals surface area contributed by atoms with Gasteiger partial charge in [0.2, 0.25) is 11.4 Å².